The minimum atomic E-state index is 0.581. The maximum Gasteiger partial charge on any atom is 0.203 e. The van der Waals surface area contributed by atoms with Crippen LogP contribution in [0.5, 0.6) is 17.2 Å². The predicted octanol–water partition coefficient (Wildman–Crippen LogP) is 4.82. The van der Waals surface area contributed by atoms with Gasteiger partial charge < -0.3 is 19.5 Å². The lowest BCUT2D eigenvalue weighted by atomic mass is 10.1. The van der Waals surface area contributed by atoms with Gasteiger partial charge in [0.2, 0.25) is 5.75 Å². The largest absolute Gasteiger partial charge is 0.493 e. The van der Waals surface area contributed by atoms with Crippen LogP contribution in [0.4, 0.5) is 0 Å². The second kappa shape index (κ2) is 9.78. The van der Waals surface area contributed by atoms with Crippen molar-refractivity contribution in [2.75, 3.05) is 27.9 Å². The van der Waals surface area contributed by atoms with Gasteiger partial charge in [-0.2, -0.15) is 0 Å². The Kier molecular flexibility index (Phi) is 7.14. The molecule has 0 amide bonds. The Labute approximate surface area is 174 Å². The van der Waals surface area contributed by atoms with Crippen molar-refractivity contribution in [1.29, 1.82) is 0 Å². The summed E-state index contributed by atoms with van der Waals surface area (Å²) in [5.74, 6) is 1.86. The van der Waals surface area contributed by atoms with Crippen LogP contribution in [0.15, 0.2) is 42.6 Å². The Morgan fingerprint density at radius 3 is 2.57 bits per heavy atom. The highest BCUT2D eigenvalue weighted by atomic mass is 35.5. The molecule has 1 N–H and O–H groups in total. The van der Waals surface area contributed by atoms with E-state index in [1.54, 1.807) is 32.7 Å². The minimum Gasteiger partial charge on any atom is -0.493 e. The Bertz CT molecular complexity index is 930. The smallest absolute Gasteiger partial charge is 0.203 e. The van der Waals surface area contributed by atoms with Gasteiger partial charge in [-0.3, -0.25) is 0 Å². The van der Waals surface area contributed by atoms with E-state index in [1.807, 2.05) is 36.5 Å². The number of aromatic nitrogens is 1. The SMILES string of the molecule is COc1ccc(-c2cnc(CNCCc3cccc(Cl)c3)s2)c(OC)c1OC. The molecule has 0 saturated heterocycles. The van der Waals surface area contributed by atoms with Gasteiger partial charge in [-0.05, 0) is 42.8 Å². The van der Waals surface area contributed by atoms with E-state index in [1.165, 1.54) is 5.56 Å². The summed E-state index contributed by atoms with van der Waals surface area (Å²) in [5.41, 5.74) is 2.15. The Morgan fingerprint density at radius 1 is 1.04 bits per heavy atom. The first kappa shape index (κ1) is 20.5. The fourth-order valence-electron chi connectivity index (χ4n) is 2.93. The van der Waals surface area contributed by atoms with Crippen LogP contribution in [-0.2, 0) is 13.0 Å². The van der Waals surface area contributed by atoms with E-state index >= 15 is 0 Å². The molecule has 0 aliphatic rings. The fourth-order valence-corrected chi connectivity index (χ4v) is 4.05. The monoisotopic (exact) mass is 418 g/mol. The fraction of sp³-hybridized carbons (Fsp3) is 0.286. The van der Waals surface area contributed by atoms with Crippen LogP contribution in [0.2, 0.25) is 5.02 Å². The number of hydrogen-bond donors (Lipinski definition) is 1. The zero-order chi connectivity index (χ0) is 19.9. The average molecular weight is 419 g/mol. The maximum absolute atomic E-state index is 6.02. The number of hydrogen-bond acceptors (Lipinski definition) is 6. The van der Waals surface area contributed by atoms with Crippen LogP contribution in [0.25, 0.3) is 10.4 Å². The van der Waals surface area contributed by atoms with Crippen molar-refractivity contribution in [3.05, 3.63) is 58.2 Å². The normalized spacial score (nSPS) is 10.7. The van der Waals surface area contributed by atoms with Crippen LogP contribution in [0.1, 0.15) is 10.6 Å². The van der Waals surface area contributed by atoms with Gasteiger partial charge in [0.05, 0.1) is 26.2 Å². The zero-order valence-corrected chi connectivity index (χ0v) is 17.7. The molecule has 0 spiro atoms. The van der Waals surface area contributed by atoms with Crippen molar-refractivity contribution in [2.45, 2.75) is 13.0 Å². The summed E-state index contributed by atoms with van der Waals surface area (Å²) in [5, 5.41) is 5.21. The summed E-state index contributed by atoms with van der Waals surface area (Å²) >= 11 is 7.65. The van der Waals surface area contributed by atoms with Crippen molar-refractivity contribution in [3.63, 3.8) is 0 Å². The van der Waals surface area contributed by atoms with Crippen molar-refractivity contribution >= 4 is 22.9 Å². The third-order valence-electron chi connectivity index (χ3n) is 4.28. The predicted molar refractivity (Wildman–Crippen MR) is 114 cm³/mol. The first-order valence-corrected chi connectivity index (χ1v) is 10.0. The number of halogens is 1. The second-order valence-corrected chi connectivity index (χ2v) is 7.61. The van der Waals surface area contributed by atoms with Crippen molar-refractivity contribution in [2.24, 2.45) is 0 Å². The number of rotatable bonds is 9. The molecule has 2 aromatic carbocycles. The van der Waals surface area contributed by atoms with Gasteiger partial charge >= 0.3 is 0 Å². The number of benzene rings is 2. The number of thiazole rings is 1. The van der Waals surface area contributed by atoms with Gasteiger partial charge in [-0.15, -0.1) is 11.3 Å². The minimum absolute atomic E-state index is 0.581. The molecule has 0 saturated carbocycles. The topological polar surface area (TPSA) is 52.6 Å². The van der Waals surface area contributed by atoms with E-state index in [4.69, 9.17) is 25.8 Å². The second-order valence-electron chi connectivity index (χ2n) is 6.06. The molecule has 1 heterocycles. The molecule has 0 bridgehead atoms. The zero-order valence-electron chi connectivity index (χ0n) is 16.1. The molecule has 148 valence electrons. The molecule has 0 radical (unpaired) electrons. The van der Waals surface area contributed by atoms with Crippen LogP contribution >= 0.6 is 22.9 Å². The van der Waals surface area contributed by atoms with Crippen LogP contribution in [0, 0.1) is 0 Å². The summed E-state index contributed by atoms with van der Waals surface area (Å²) in [6.45, 7) is 1.57. The van der Waals surface area contributed by atoms with Crippen LogP contribution < -0.4 is 19.5 Å². The highest BCUT2D eigenvalue weighted by Gasteiger charge is 2.18. The van der Waals surface area contributed by atoms with Gasteiger partial charge in [0.1, 0.15) is 5.01 Å². The first-order chi connectivity index (χ1) is 13.7. The Morgan fingerprint density at radius 2 is 1.86 bits per heavy atom. The summed E-state index contributed by atoms with van der Waals surface area (Å²) < 4.78 is 16.4. The lowest BCUT2D eigenvalue weighted by Gasteiger charge is -2.14. The standard InChI is InChI=1S/C21H23ClN2O3S/c1-25-17-8-7-16(20(26-2)21(17)27-3)18-12-24-19(28-18)13-23-10-9-14-5-4-6-15(22)11-14/h4-8,11-12,23H,9-10,13H2,1-3H3. The first-order valence-electron chi connectivity index (χ1n) is 8.85. The summed E-state index contributed by atoms with van der Waals surface area (Å²) in [6.07, 6.45) is 2.78. The molecule has 0 aliphatic heterocycles. The number of nitrogens with zero attached hydrogens (tertiary/aromatic N) is 1. The van der Waals surface area contributed by atoms with Crippen molar-refractivity contribution in [3.8, 4) is 27.7 Å². The van der Waals surface area contributed by atoms with E-state index in [-0.39, 0.29) is 0 Å². The van der Waals surface area contributed by atoms with Gasteiger partial charge in [0, 0.05) is 23.3 Å². The molecule has 3 aromatic rings. The quantitative estimate of drug-likeness (QED) is 0.505. The molecule has 1 aromatic heterocycles. The van der Waals surface area contributed by atoms with Crippen LogP contribution in [0.3, 0.4) is 0 Å². The van der Waals surface area contributed by atoms with Crippen LogP contribution in [-0.4, -0.2) is 32.9 Å². The van der Waals surface area contributed by atoms with Crippen molar-refractivity contribution < 1.29 is 14.2 Å². The summed E-state index contributed by atoms with van der Waals surface area (Å²) in [6, 6.07) is 11.8. The maximum atomic E-state index is 6.02. The van der Waals surface area contributed by atoms with E-state index in [9.17, 15) is 0 Å². The summed E-state index contributed by atoms with van der Waals surface area (Å²) in [4.78, 5) is 5.55. The molecule has 0 atom stereocenters. The van der Waals surface area contributed by atoms with Gasteiger partial charge in [-0.1, -0.05) is 23.7 Å². The molecule has 5 nitrogen and oxygen atoms in total. The van der Waals surface area contributed by atoms with E-state index in [2.05, 4.69) is 16.4 Å². The molecular formula is C21H23ClN2O3S. The lowest BCUT2D eigenvalue weighted by molar-refractivity contribution is 0.325. The van der Waals surface area contributed by atoms with Gasteiger partial charge in [-0.25, -0.2) is 4.98 Å². The molecule has 0 unspecified atom stereocenters. The van der Waals surface area contributed by atoms with Gasteiger partial charge in [0.25, 0.3) is 0 Å². The highest BCUT2D eigenvalue weighted by Crippen LogP contribution is 2.45. The number of nitrogens with one attached hydrogen (secondary N) is 1. The molecule has 3 rings (SSSR count). The van der Waals surface area contributed by atoms with E-state index in [0.29, 0.717) is 23.8 Å². The Hall–Kier alpha value is -2.28. The van der Waals surface area contributed by atoms with Crippen molar-refractivity contribution in [1.82, 2.24) is 10.3 Å². The number of ether oxygens (including phenoxy) is 3. The number of methoxy groups -OCH3 is 3. The third kappa shape index (κ3) is 4.76. The highest BCUT2D eigenvalue weighted by molar-refractivity contribution is 7.15. The molecular weight excluding hydrogens is 396 g/mol. The van der Waals surface area contributed by atoms with E-state index < -0.39 is 0 Å². The molecule has 7 heteroatoms. The lowest BCUT2D eigenvalue weighted by Crippen LogP contribution is -2.16. The molecule has 0 aliphatic carbocycles. The summed E-state index contributed by atoms with van der Waals surface area (Å²) in [7, 11) is 4.84. The molecule has 0 fully saturated rings. The molecule has 28 heavy (non-hydrogen) atoms. The van der Waals surface area contributed by atoms with E-state index in [0.717, 1.165) is 33.4 Å². The average Bonchev–Trinajstić information content (AvgIpc) is 3.18. The Balaban J connectivity index is 1.65. The van der Waals surface area contributed by atoms with Gasteiger partial charge in [0.15, 0.2) is 11.5 Å². The third-order valence-corrected chi connectivity index (χ3v) is 5.54.